The Hall–Kier alpha value is -0.930. The average molecular weight is 408 g/mol. The standard InChI is InChI=1S/C21H46NO.C5H5N/c1-5-6-7-8-9-10-11-12-13-14-15-16-17-18-20-23-21-19-22(2,3)4;1-2-4-6-5-3-1/h5-21H2,1-4H3;1-5H/q+1;. The van der Waals surface area contributed by atoms with Gasteiger partial charge >= 0.3 is 0 Å². The lowest BCUT2D eigenvalue weighted by Gasteiger charge is -2.23. The number of hydrogen-bond acceptors (Lipinski definition) is 2. The highest BCUT2D eigenvalue weighted by Gasteiger charge is 2.05. The second kappa shape index (κ2) is 21.8. The first-order valence-corrected chi connectivity index (χ1v) is 12.3. The van der Waals surface area contributed by atoms with Crippen LogP contribution in [-0.4, -0.2) is 50.4 Å². The van der Waals surface area contributed by atoms with Crippen molar-refractivity contribution in [3.05, 3.63) is 30.6 Å². The van der Waals surface area contributed by atoms with Crippen molar-refractivity contribution < 1.29 is 9.22 Å². The van der Waals surface area contributed by atoms with Gasteiger partial charge in [0.15, 0.2) is 0 Å². The van der Waals surface area contributed by atoms with Crippen LogP contribution in [-0.2, 0) is 4.74 Å². The summed E-state index contributed by atoms with van der Waals surface area (Å²) in [6, 6.07) is 5.72. The molecule has 0 aliphatic carbocycles. The smallest absolute Gasteiger partial charge is 0.102 e. The number of pyridine rings is 1. The van der Waals surface area contributed by atoms with Gasteiger partial charge < -0.3 is 9.22 Å². The quantitative estimate of drug-likeness (QED) is 0.188. The summed E-state index contributed by atoms with van der Waals surface area (Å²) >= 11 is 0. The first kappa shape index (κ1) is 28.1. The van der Waals surface area contributed by atoms with Gasteiger partial charge in [-0.15, -0.1) is 0 Å². The third-order valence-electron chi connectivity index (χ3n) is 5.12. The van der Waals surface area contributed by atoms with Crippen LogP contribution in [0.1, 0.15) is 96.8 Å². The second-order valence-corrected chi connectivity index (χ2v) is 9.25. The van der Waals surface area contributed by atoms with Gasteiger partial charge in [0, 0.05) is 19.0 Å². The lowest BCUT2D eigenvalue weighted by atomic mass is 10.0. The molecule has 0 saturated heterocycles. The zero-order valence-electron chi connectivity index (χ0n) is 20.2. The summed E-state index contributed by atoms with van der Waals surface area (Å²) < 4.78 is 6.70. The fourth-order valence-electron chi connectivity index (χ4n) is 3.15. The SMILES string of the molecule is CCCCCCCCCCCCCCCCOCC[N+](C)(C)C.c1ccncc1. The predicted octanol–water partition coefficient (Wildman–Crippen LogP) is 7.27. The van der Waals surface area contributed by atoms with Gasteiger partial charge in [0.2, 0.25) is 0 Å². The zero-order valence-corrected chi connectivity index (χ0v) is 20.2. The number of hydrogen-bond donors (Lipinski definition) is 0. The maximum absolute atomic E-state index is 5.70. The van der Waals surface area contributed by atoms with Crippen molar-refractivity contribution in [1.82, 2.24) is 4.98 Å². The van der Waals surface area contributed by atoms with E-state index < -0.39 is 0 Å². The maximum atomic E-state index is 5.70. The maximum Gasteiger partial charge on any atom is 0.102 e. The highest BCUT2D eigenvalue weighted by molar-refractivity contribution is 4.88. The van der Waals surface area contributed by atoms with Gasteiger partial charge in [-0.25, -0.2) is 0 Å². The molecule has 0 spiro atoms. The normalized spacial score (nSPS) is 11.2. The molecule has 1 rings (SSSR count). The van der Waals surface area contributed by atoms with Gasteiger partial charge in [-0.3, -0.25) is 4.98 Å². The van der Waals surface area contributed by atoms with E-state index in [1.807, 2.05) is 18.2 Å². The van der Waals surface area contributed by atoms with Crippen molar-refractivity contribution in [3.8, 4) is 0 Å². The Kier molecular flexibility index (Phi) is 21.1. The molecule has 1 aromatic rings. The molecular formula is C26H51N2O+. The second-order valence-electron chi connectivity index (χ2n) is 9.25. The van der Waals surface area contributed by atoms with Crippen molar-refractivity contribution in [2.24, 2.45) is 0 Å². The van der Waals surface area contributed by atoms with Crippen molar-refractivity contribution in [1.29, 1.82) is 0 Å². The van der Waals surface area contributed by atoms with Crippen LogP contribution in [0.2, 0.25) is 0 Å². The Morgan fingerprint density at radius 2 is 1.03 bits per heavy atom. The minimum atomic E-state index is 0.905. The highest BCUT2D eigenvalue weighted by atomic mass is 16.5. The van der Waals surface area contributed by atoms with E-state index in [4.69, 9.17) is 4.74 Å². The first-order valence-electron chi connectivity index (χ1n) is 12.3. The van der Waals surface area contributed by atoms with Gasteiger partial charge in [0.25, 0.3) is 0 Å². The number of aromatic nitrogens is 1. The average Bonchev–Trinajstić information content (AvgIpc) is 2.71. The third kappa shape index (κ3) is 27.1. The molecule has 1 aromatic heterocycles. The minimum Gasteiger partial charge on any atom is -0.376 e. The molecule has 170 valence electrons. The molecule has 0 bridgehead atoms. The Balaban J connectivity index is 0.00000110. The van der Waals surface area contributed by atoms with Gasteiger partial charge in [-0.05, 0) is 18.6 Å². The first-order chi connectivity index (χ1) is 14.1. The molecule has 3 heteroatoms. The van der Waals surface area contributed by atoms with E-state index in [1.54, 1.807) is 12.4 Å². The van der Waals surface area contributed by atoms with Gasteiger partial charge in [0.05, 0.1) is 27.7 Å². The molecule has 0 aliphatic rings. The highest BCUT2D eigenvalue weighted by Crippen LogP contribution is 2.12. The molecule has 29 heavy (non-hydrogen) atoms. The van der Waals surface area contributed by atoms with Gasteiger partial charge in [0.1, 0.15) is 6.54 Å². The Bertz CT molecular complexity index is 376. The van der Waals surface area contributed by atoms with Crippen LogP contribution in [0.4, 0.5) is 0 Å². The molecule has 3 nitrogen and oxygen atoms in total. The van der Waals surface area contributed by atoms with Gasteiger partial charge in [-0.1, -0.05) is 96.5 Å². The molecule has 0 aromatic carbocycles. The zero-order chi connectivity index (χ0) is 21.5. The summed E-state index contributed by atoms with van der Waals surface area (Å²) in [5.74, 6) is 0. The van der Waals surface area contributed by atoms with Gasteiger partial charge in [-0.2, -0.15) is 0 Å². The lowest BCUT2D eigenvalue weighted by Crippen LogP contribution is -2.37. The van der Waals surface area contributed by atoms with E-state index >= 15 is 0 Å². The van der Waals surface area contributed by atoms with Crippen LogP contribution in [0, 0.1) is 0 Å². The number of unbranched alkanes of at least 4 members (excludes halogenated alkanes) is 13. The molecule has 0 N–H and O–H groups in total. The Labute approximate surface area is 182 Å². The van der Waals surface area contributed by atoms with Crippen molar-refractivity contribution >= 4 is 0 Å². The number of likely N-dealkylation sites (N-methyl/N-ethyl adjacent to an activating group) is 1. The Morgan fingerprint density at radius 3 is 1.38 bits per heavy atom. The lowest BCUT2D eigenvalue weighted by molar-refractivity contribution is -0.870. The minimum absolute atomic E-state index is 0.905. The van der Waals surface area contributed by atoms with Crippen LogP contribution in [0.15, 0.2) is 30.6 Å². The van der Waals surface area contributed by atoms with Crippen LogP contribution in [0.5, 0.6) is 0 Å². The van der Waals surface area contributed by atoms with Crippen LogP contribution in [0.3, 0.4) is 0 Å². The molecule has 0 radical (unpaired) electrons. The van der Waals surface area contributed by atoms with E-state index in [0.29, 0.717) is 0 Å². The van der Waals surface area contributed by atoms with Crippen LogP contribution < -0.4 is 0 Å². The number of rotatable bonds is 18. The summed E-state index contributed by atoms with van der Waals surface area (Å²) in [6.45, 7) is 5.26. The van der Waals surface area contributed by atoms with Crippen molar-refractivity contribution in [3.63, 3.8) is 0 Å². The fraction of sp³-hybridized carbons (Fsp3) is 0.808. The molecule has 0 fully saturated rings. The van der Waals surface area contributed by atoms with E-state index in [2.05, 4.69) is 33.1 Å². The number of quaternary nitrogens is 1. The van der Waals surface area contributed by atoms with E-state index in [-0.39, 0.29) is 0 Å². The predicted molar refractivity (Wildman–Crippen MR) is 128 cm³/mol. The van der Waals surface area contributed by atoms with Crippen molar-refractivity contribution in [2.75, 3.05) is 40.9 Å². The topological polar surface area (TPSA) is 22.1 Å². The molecule has 1 heterocycles. The van der Waals surface area contributed by atoms with Crippen LogP contribution >= 0.6 is 0 Å². The molecule has 0 saturated carbocycles. The Morgan fingerprint density at radius 1 is 0.586 bits per heavy atom. The summed E-state index contributed by atoms with van der Waals surface area (Å²) in [5, 5.41) is 0. The summed E-state index contributed by atoms with van der Waals surface area (Å²) in [6.07, 6.45) is 23.4. The van der Waals surface area contributed by atoms with E-state index in [1.165, 1.54) is 89.9 Å². The molecule has 0 atom stereocenters. The molecule has 0 unspecified atom stereocenters. The monoisotopic (exact) mass is 407 g/mol. The van der Waals surface area contributed by atoms with Crippen molar-refractivity contribution in [2.45, 2.75) is 96.8 Å². The number of ether oxygens (including phenoxy) is 1. The molecular weight excluding hydrogens is 356 g/mol. The molecule has 0 aliphatic heterocycles. The van der Waals surface area contributed by atoms with E-state index in [9.17, 15) is 0 Å². The van der Waals surface area contributed by atoms with Crippen LogP contribution in [0.25, 0.3) is 0 Å². The fourth-order valence-corrected chi connectivity index (χ4v) is 3.15. The molecule has 0 amide bonds. The van der Waals surface area contributed by atoms with E-state index in [0.717, 1.165) is 24.2 Å². The third-order valence-corrected chi connectivity index (χ3v) is 5.12. The summed E-state index contributed by atoms with van der Waals surface area (Å²) in [7, 11) is 6.65. The largest absolute Gasteiger partial charge is 0.376 e. The number of nitrogens with zero attached hydrogens (tertiary/aromatic N) is 2. The summed E-state index contributed by atoms with van der Waals surface area (Å²) in [4.78, 5) is 3.78. The summed E-state index contributed by atoms with van der Waals surface area (Å²) in [5.41, 5.74) is 0.